The second kappa shape index (κ2) is 11.9. The van der Waals surface area contributed by atoms with E-state index in [1.807, 2.05) is 42.5 Å². The molecule has 0 aliphatic carbocycles. The molecule has 10 rings (SSSR count). The first-order chi connectivity index (χ1) is 25.2. The lowest BCUT2D eigenvalue weighted by Gasteiger charge is -2.12. The highest BCUT2D eigenvalue weighted by atomic mass is 16.3. The summed E-state index contributed by atoms with van der Waals surface area (Å²) in [7, 11) is 0. The van der Waals surface area contributed by atoms with Crippen molar-refractivity contribution in [2.75, 3.05) is 0 Å². The van der Waals surface area contributed by atoms with E-state index in [0.717, 1.165) is 71.5 Å². The maximum absolute atomic E-state index is 6.48. The molecule has 4 nitrogen and oxygen atoms in total. The number of nitrogens with zero attached hydrogens (tertiary/aromatic N) is 3. The Hall–Kier alpha value is -6.91. The molecule has 10 aromatic rings. The zero-order chi connectivity index (χ0) is 33.7. The van der Waals surface area contributed by atoms with Crippen LogP contribution in [0, 0.1) is 0 Å². The van der Waals surface area contributed by atoms with Crippen molar-refractivity contribution in [1.29, 1.82) is 0 Å². The number of rotatable bonds is 5. The molecule has 0 unspecified atom stereocenters. The third-order valence-electron chi connectivity index (χ3n) is 9.71. The van der Waals surface area contributed by atoms with Crippen LogP contribution in [-0.2, 0) is 0 Å². The average Bonchev–Trinajstić information content (AvgIpc) is 3.59. The van der Waals surface area contributed by atoms with E-state index in [0.29, 0.717) is 17.5 Å². The fraction of sp³-hybridized carbons (Fsp3) is 0. The summed E-state index contributed by atoms with van der Waals surface area (Å²) in [5.41, 5.74) is 9.20. The minimum absolute atomic E-state index is 0.631. The lowest BCUT2D eigenvalue weighted by molar-refractivity contribution is 0.672. The zero-order valence-corrected chi connectivity index (χ0v) is 27.5. The van der Waals surface area contributed by atoms with Gasteiger partial charge in [-0.15, -0.1) is 0 Å². The molecule has 51 heavy (non-hydrogen) atoms. The van der Waals surface area contributed by atoms with Gasteiger partial charge in [-0.1, -0.05) is 146 Å². The van der Waals surface area contributed by atoms with E-state index in [-0.39, 0.29) is 0 Å². The van der Waals surface area contributed by atoms with E-state index in [9.17, 15) is 0 Å². The van der Waals surface area contributed by atoms with Crippen LogP contribution >= 0.6 is 0 Å². The predicted molar refractivity (Wildman–Crippen MR) is 209 cm³/mol. The number of aromatic nitrogens is 3. The standard InChI is InChI=1S/C47H29N3O/c1-3-11-30(12-4-1)36-25-26-39-41(28-36)40(29-42-38-17-9-10-18-43(38)51-44(39)42)32-20-22-34(23-21-32)46-48-45(33-14-5-2-6-15-33)49-47(50-46)37-24-19-31-13-7-8-16-35(31)27-37/h1-29H. The first kappa shape index (κ1) is 29.0. The summed E-state index contributed by atoms with van der Waals surface area (Å²) in [6.07, 6.45) is 0. The Balaban J connectivity index is 1.13. The van der Waals surface area contributed by atoms with Crippen molar-refractivity contribution in [3.63, 3.8) is 0 Å². The highest BCUT2D eigenvalue weighted by Gasteiger charge is 2.17. The van der Waals surface area contributed by atoms with Crippen molar-refractivity contribution in [2.45, 2.75) is 0 Å². The highest BCUT2D eigenvalue weighted by molar-refractivity contribution is 6.19. The van der Waals surface area contributed by atoms with E-state index in [2.05, 4.69) is 133 Å². The van der Waals surface area contributed by atoms with Gasteiger partial charge in [-0.05, 0) is 68.7 Å². The van der Waals surface area contributed by atoms with Crippen molar-refractivity contribution < 1.29 is 4.42 Å². The summed E-state index contributed by atoms with van der Waals surface area (Å²) in [6, 6.07) is 61.1. The van der Waals surface area contributed by atoms with Crippen molar-refractivity contribution in [2.24, 2.45) is 0 Å². The van der Waals surface area contributed by atoms with E-state index in [1.165, 1.54) is 10.9 Å². The van der Waals surface area contributed by atoms with Crippen LogP contribution in [0.2, 0.25) is 0 Å². The highest BCUT2D eigenvalue weighted by Crippen LogP contribution is 2.41. The predicted octanol–water partition coefficient (Wildman–Crippen LogP) is 12.4. The van der Waals surface area contributed by atoms with Gasteiger partial charge in [0.15, 0.2) is 17.5 Å². The molecule has 0 amide bonds. The lowest BCUT2D eigenvalue weighted by atomic mass is 9.92. The molecule has 4 heteroatoms. The maximum atomic E-state index is 6.48. The Morgan fingerprint density at radius 3 is 1.65 bits per heavy atom. The molecule has 0 saturated carbocycles. The van der Waals surface area contributed by atoms with E-state index in [1.54, 1.807) is 0 Å². The normalized spacial score (nSPS) is 11.5. The molecular formula is C47H29N3O. The number of hydrogen-bond acceptors (Lipinski definition) is 4. The molecule has 0 aliphatic heterocycles. The van der Waals surface area contributed by atoms with Crippen LogP contribution in [0.3, 0.4) is 0 Å². The summed E-state index contributed by atoms with van der Waals surface area (Å²) in [5, 5.41) is 6.77. The second-order valence-electron chi connectivity index (χ2n) is 12.8. The molecule has 238 valence electrons. The number of fused-ring (bicyclic) bond motifs is 6. The van der Waals surface area contributed by atoms with E-state index < -0.39 is 0 Å². The van der Waals surface area contributed by atoms with Gasteiger partial charge < -0.3 is 4.42 Å². The van der Waals surface area contributed by atoms with Crippen LogP contribution in [0.1, 0.15) is 0 Å². The quantitative estimate of drug-likeness (QED) is 0.186. The van der Waals surface area contributed by atoms with Crippen LogP contribution in [0.15, 0.2) is 180 Å². The van der Waals surface area contributed by atoms with Gasteiger partial charge in [0.05, 0.1) is 0 Å². The maximum Gasteiger partial charge on any atom is 0.164 e. The van der Waals surface area contributed by atoms with Crippen molar-refractivity contribution in [3.8, 4) is 56.4 Å². The SMILES string of the molecule is c1ccc(-c2ccc3c(c2)c(-c2ccc(-c4nc(-c5ccccc5)nc(-c5ccc6ccccc6c5)n4)cc2)cc2c4ccccc4oc32)cc1. The molecular weight excluding hydrogens is 623 g/mol. The Morgan fingerprint density at radius 1 is 0.314 bits per heavy atom. The van der Waals surface area contributed by atoms with Gasteiger partial charge in [0, 0.05) is 32.8 Å². The topological polar surface area (TPSA) is 51.8 Å². The molecule has 0 N–H and O–H groups in total. The second-order valence-corrected chi connectivity index (χ2v) is 12.8. The van der Waals surface area contributed by atoms with Crippen molar-refractivity contribution in [1.82, 2.24) is 15.0 Å². The van der Waals surface area contributed by atoms with Crippen LogP contribution in [0.4, 0.5) is 0 Å². The Labute approximate surface area is 294 Å². The molecule has 0 fully saturated rings. The molecule has 8 aromatic carbocycles. The Morgan fingerprint density at radius 2 is 0.882 bits per heavy atom. The number of benzene rings is 8. The molecule has 0 bridgehead atoms. The van der Waals surface area contributed by atoms with Crippen LogP contribution in [0.25, 0.3) is 99.9 Å². The Bertz CT molecular complexity index is 2900. The summed E-state index contributed by atoms with van der Waals surface area (Å²) in [5.74, 6) is 1.92. The number of hydrogen-bond donors (Lipinski definition) is 0. The summed E-state index contributed by atoms with van der Waals surface area (Å²) >= 11 is 0. The minimum Gasteiger partial charge on any atom is -0.455 e. The molecule has 2 heterocycles. The lowest BCUT2D eigenvalue weighted by Crippen LogP contribution is -2.00. The van der Waals surface area contributed by atoms with Gasteiger partial charge in [0.25, 0.3) is 0 Å². The summed E-state index contributed by atoms with van der Waals surface area (Å²) in [4.78, 5) is 15.0. The molecule has 0 atom stereocenters. The summed E-state index contributed by atoms with van der Waals surface area (Å²) < 4.78 is 6.48. The third kappa shape index (κ3) is 5.13. The average molecular weight is 652 g/mol. The van der Waals surface area contributed by atoms with E-state index in [4.69, 9.17) is 19.4 Å². The number of para-hydroxylation sites is 1. The molecule has 0 saturated heterocycles. The van der Waals surface area contributed by atoms with Crippen LogP contribution in [0.5, 0.6) is 0 Å². The van der Waals surface area contributed by atoms with Crippen molar-refractivity contribution >= 4 is 43.5 Å². The summed E-state index contributed by atoms with van der Waals surface area (Å²) in [6.45, 7) is 0. The zero-order valence-electron chi connectivity index (χ0n) is 27.5. The smallest absolute Gasteiger partial charge is 0.164 e. The molecule has 0 radical (unpaired) electrons. The van der Waals surface area contributed by atoms with E-state index >= 15 is 0 Å². The first-order valence-corrected chi connectivity index (χ1v) is 17.1. The third-order valence-corrected chi connectivity index (χ3v) is 9.71. The molecule has 0 spiro atoms. The minimum atomic E-state index is 0.631. The largest absolute Gasteiger partial charge is 0.455 e. The van der Waals surface area contributed by atoms with Gasteiger partial charge in [0.1, 0.15) is 11.2 Å². The van der Waals surface area contributed by atoms with Crippen LogP contribution in [-0.4, -0.2) is 15.0 Å². The monoisotopic (exact) mass is 651 g/mol. The molecule has 2 aromatic heterocycles. The van der Waals surface area contributed by atoms with Gasteiger partial charge in [0.2, 0.25) is 0 Å². The van der Waals surface area contributed by atoms with Gasteiger partial charge >= 0.3 is 0 Å². The fourth-order valence-corrected chi connectivity index (χ4v) is 7.12. The van der Waals surface area contributed by atoms with Crippen molar-refractivity contribution in [3.05, 3.63) is 176 Å². The fourth-order valence-electron chi connectivity index (χ4n) is 7.12. The Kier molecular flexibility index (Phi) is 6.78. The van der Waals surface area contributed by atoms with Crippen LogP contribution < -0.4 is 0 Å². The van der Waals surface area contributed by atoms with Gasteiger partial charge in [-0.25, -0.2) is 15.0 Å². The van der Waals surface area contributed by atoms with Gasteiger partial charge in [-0.2, -0.15) is 0 Å². The van der Waals surface area contributed by atoms with Gasteiger partial charge in [-0.3, -0.25) is 0 Å². The molecule has 0 aliphatic rings. The first-order valence-electron chi connectivity index (χ1n) is 17.1. The number of furan rings is 1.